The lowest BCUT2D eigenvalue weighted by molar-refractivity contribution is -0.146. The Hall–Kier alpha value is -2.94. The second-order valence-corrected chi connectivity index (χ2v) is 12.1. The van der Waals surface area contributed by atoms with Gasteiger partial charge in [0, 0.05) is 19.1 Å². The monoisotopic (exact) mass is 560 g/mol. The van der Waals surface area contributed by atoms with Gasteiger partial charge in [-0.25, -0.2) is 9.18 Å². The lowest BCUT2D eigenvalue weighted by atomic mass is 9.73. The summed E-state index contributed by atoms with van der Waals surface area (Å²) < 4.78 is 54.0. The number of carbonyl (C=O) groups is 2. The zero-order chi connectivity index (χ0) is 28.8. The molecule has 40 heavy (non-hydrogen) atoms. The summed E-state index contributed by atoms with van der Waals surface area (Å²) in [6, 6.07) is 8.12. The largest absolute Gasteiger partial charge is 0.478 e. The minimum absolute atomic E-state index is 0.0385. The van der Waals surface area contributed by atoms with Crippen molar-refractivity contribution >= 4 is 11.9 Å². The zero-order valence-corrected chi connectivity index (χ0v) is 22.9. The molecule has 2 atom stereocenters. The van der Waals surface area contributed by atoms with Crippen LogP contribution < -0.4 is 0 Å². The van der Waals surface area contributed by atoms with Crippen LogP contribution in [0.2, 0.25) is 0 Å². The van der Waals surface area contributed by atoms with Crippen LogP contribution >= 0.6 is 0 Å². The van der Waals surface area contributed by atoms with Crippen LogP contribution in [0.5, 0.6) is 0 Å². The molecule has 0 aromatic heterocycles. The third-order valence-corrected chi connectivity index (χ3v) is 9.57. The molecule has 1 amide bonds. The van der Waals surface area contributed by atoms with Crippen molar-refractivity contribution in [3.8, 4) is 0 Å². The van der Waals surface area contributed by atoms with Gasteiger partial charge < -0.3 is 14.9 Å². The smallest absolute Gasteiger partial charge is 0.416 e. The summed E-state index contributed by atoms with van der Waals surface area (Å²) in [5, 5.41) is 9.29. The van der Waals surface area contributed by atoms with Gasteiger partial charge in [-0.15, -0.1) is 0 Å². The number of likely N-dealkylation sites (tertiary alicyclic amines) is 1. The molecular formula is C31H36F4N2O3. The number of alkyl halides is 3. The van der Waals surface area contributed by atoms with E-state index >= 15 is 0 Å². The first kappa shape index (κ1) is 28.6. The van der Waals surface area contributed by atoms with Crippen LogP contribution in [0.15, 0.2) is 36.4 Å². The van der Waals surface area contributed by atoms with Gasteiger partial charge in [0.1, 0.15) is 5.82 Å². The van der Waals surface area contributed by atoms with Gasteiger partial charge in [0.15, 0.2) is 0 Å². The molecule has 3 aliphatic rings. The second kappa shape index (κ2) is 10.8. The lowest BCUT2D eigenvalue weighted by Crippen LogP contribution is -2.48. The number of piperidine rings is 1. The maximum Gasteiger partial charge on any atom is 0.416 e. The molecule has 0 spiro atoms. The van der Waals surface area contributed by atoms with Crippen LogP contribution in [-0.2, 0) is 23.9 Å². The Bertz CT molecular complexity index is 1290. The first-order chi connectivity index (χ1) is 18.9. The van der Waals surface area contributed by atoms with E-state index in [1.807, 2.05) is 0 Å². The highest BCUT2D eigenvalue weighted by molar-refractivity contribution is 5.87. The molecule has 1 aliphatic carbocycles. The van der Waals surface area contributed by atoms with Crippen LogP contribution in [0.3, 0.4) is 0 Å². The third-order valence-electron chi connectivity index (χ3n) is 9.57. The highest BCUT2D eigenvalue weighted by atomic mass is 19.4. The van der Waals surface area contributed by atoms with Crippen molar-refractivity contribution in [1.29, 1.82) is 0 Å². The van der Waals surface area contributed by atoms with Crippen molar-refractivity contribution in [2.75, 3.05) is 19.6 Å². The second-order valence-electron chi connectivity index (χ2n) is 12.1. The van der Waals surface area contributed by atoms with E-state index in [4.69, 9.17) is 0 Å². The fourth-order valence-corrected chi connectivity index (χ4v) is 7.12. The maximum atomic E-state index is 14.0. The van der Waals surface area contributed by atoms with Gasteiger partial charge >= 0.3 is 12.1 Å². The predicted octanol–water partition coefficient (Wildman–Crippen LogP) is 6.50. The summed E-state index contributed by atoms with van der Waals surface area (Å²) in [7, 11) is 0. The highest BCUT2D eigenvalue weighted by Gasteiger charge is 2.51. The molecule has 1 saturated carbocycles. The number of halogens is 4. The topological polar surface area (TPSA) is 60.9 Å². The van der Waals surface area contributed by atoms with Crippen molar-refractivity contribution in [1.82, 2.24) is 9.80 Å². The number of rotatable bonds is 5. The standard InChI is InChI=1S/C31H36F4N2O3/c1-19(2)30(29(40)37-12-8-20-3-4-25(31(33,34)35)14-24(20)18-37)9-5-27(17-30)36-10-6-21(7-11-36)22-13-23(28(38)39)16-26(32)15-22/h3-4,13-16,19,21,27H,5-12,17-18H2,1-2H3,(H,38,39)/t27-,30+/m1/s1. The van der Waals surface area contributed by atoms with Crippen LogP contribution in [0, 0.1) is 17.2 Å². The number of carboxylic acids is 1. The number of nitrogens with zero attached hydrogens (tertiary/aromatic N) is 2. The molecule has 2 aromatic carbocycles. The van der Waals surface area contributed by atoms with Gasteiger partial charge in [0.25, 0.3) is 0 Å². The number of benzene rings is 2. The van der Waals surface area contributed by atoms with Crippen molar-refractivity contribution in [2.24, 2.45) is 11.3 Å². The Labute approximate surface area is 232 Å². The van der Waals surface area contributed by atoms with Gasteiger partial charge in [-0.05, 0) is 110 Å². The molecule has 2 aliphatic heterocycles. The molecule has 2 aromatic rings. The molecule has 5 nitrogen and oxygen atoms in total. The molecule has 0 unspecified atom stereocenters. The van der Waals surface area contributed by atoms with Crippen LogP contribution in [0.4, 0.5) is 17.6 Å². The van der Waals surface area contributed by atoms with E-state index in [-0.39, 0.29) is 35.9 Å². The Balaban J connectivity index is 1.26. The highest BCUT2D eigenvalue weighted by Crippen LogP contribution is 2.49. The van der Waals surface area contributed by atoms with E-state index in [2.05, 4.69) is 18.7 Å². The molecule has 2 fully saturated rings. The van der Waals surface area contributed by atoms with E-state index in [1.54, 1.807) is 17.0 Å². The minimum Gasteiger partial charge on any atom is -0.478 e. The number of amides is 1. The number of carbonyl (C=O) groups excluding carboxylic acids is 1. The molecule has 0 radical (unpaired) electrons. The number of aromatic carboxylic acids is 1. The average molecular weight is 561 g/mol. The van der Waals surface area contributed by atoms with E-state index in [0.717, 1.165) is 56.5 Å². The summed E-state index contributed by atoms with van der Waals surface area (Å²) in [5.41, 5.74) is 0.892. The van der Waals surface area contributed by atoms with Crippen LogP contribution in [-0.4, -0.2) is 52.5 Å². The fraction of sp³-hybridized carbons (Fsp3) is 0.548. The maximum absolute atomic E-state index is 14.0. The fourth-order valence-electron chi connectivity index (χ4n) is 7.12. The molecule has 1 N–H and O–H groups in total. The summed E-state index contributed by atoms with van der Waals surface area (Å²) >= 11 is 0. The van der Waals surface area contributed by atoms with Crippen LogP contribution in [0.25, 0.3) is 0 Å². The summed E-state index contributed by atoms with van der Waals surface area (Å²) in [4.78, 5) is 29.6. The molecule has 0 bridgehead atoms. The van der Waals surface area contributed by atoms with Gasteiger partial charge in [0.2, 0.25) is 5.91 Å². The van der Waals surface area contributed by atoms with E-state index in [9.17, 15) is 32.3 Å². The summed E-state index contributed by atoms with van der Waals surface area (Å²) in [5.74, 6) is -1.46. The number of carboxylic acid groups (broad SMARTS) is 1. The number of hydrogen-bond acceptors (Lipinski definition) is 3. The van der Waals surface area contributed by atoms with Crippen molar-refractivity contribution in [3.63, 3.8) is 0 Å². The number of hydrogen-bond donors (Lipinski definition) is 1. The first-order valence-corrected chi connectivity index (χ1v) is 14.1. The van der Waals surface area contributed by atoms with Crippen molar-refractivity contribution in [2.45, 2.75) is 77.1 Å². The lowest BCUT2D eigenvalue weighted by Gasteiger charge is -2.41. The van der Waals surface area contributed by atoms with Crippen molar-refractivity contribution < 1.29 is 32.3 Å². The minimum atomic E-state index is -4.42. The third kappa shape index (κ3) is 5.49. The zero-order valence-electron chi connectivity index (χ0n) is 22.9. The average Bonchev–Trinajstić information content (AvgIpc) is 3.38. The number of fused-ring (bicyclic) bond motifs is 1. The normalized spacial score (nSPS) is 24.4. The van der Waals surface area contributed by atoms with E-state index in [1.165, 1.54) is 12.1 Å². The molecular weight excluding hydrogens is 524 g/mol. The van der Waals surface area contributed by atoms with Gasteiger partial charge in [0.05, 0.1) is 16.5 Å². The van der Waals surface area contributed by atoms with Gasteiger partial charge in [-0.1, -0.05) is 19.9 Å². The summed E-state index contributed by atoms with van der Waals surface area (Å²) in [6.45, 7) is 6.41. The van der Waals surface area contributed by atoms with E-state index in [0.29, 0.717) is 30.5 Å². The van der Waals surface area contributed by atoms with Gasteiger partial charge in [-0.2, -0.15) is 13.2 Å². The van der Waals surface area contributed by atoms with Gasteiger partial charge in [-0.3, -0.25) is 4.79 Å². The SMILES string of the molecule is CC(C)[C@]1(C(=O)N2CCc3ccc(C(F)(F)F)cc3C2)CC[C@@H](N2CCC(c3cc(F)cc(C(=O)O)c3)CC2)C1. The van der Waals surface area contributed by atoms with E-state index < -0.39 is 28.9 Å². The van der Waals surface area contributed by atoms with Crippen LogP contribution in [0.1, 0.15) is 84.5 Å². The Morgan fingerprint density at radius 3 is 2.38 bits per heavy atom. The Morgan fingerprint density at radius 2 is 1.73 bits per heavy atom. The molecule has 2 heterocycles. The summed E-state index contributed by atoms with van der Waals surface area (Å²) in [6.07, 6.45) is 0.0293. The molecule has 216 valence electrons. The van der Waals surface area contributed by atoms with Crippen molar-refractivity contribution in [3.05, 3.63) is 70.0 Å². The quantitative estimate of drug-likeness (QED) is 0.424. The molecule has 5 rings (SSSR count). The predicted molar refractivity (Wildman–Crippen MR) is 142 cm³/mol. The molecule has 9 heteroatoms. The first-order valence-electron chi connectivity index (χ1n) is 14.1. The Kier molecular flexibility index (Phi) is 7.72. The molecule has 1 saturated heterocycles. The Morgan fingerprint density at radius 1 is 1.00 bits per heavy atom.